The minimum Gasteiger partial charge on any atom is -0.652 e. The van der Waals surface area contributed by atoms with E-state index in [2.05, 4.69) is 15.9 Å². The lowest BCUT2D eigenvalue weighted by Gasteiger charge is -1.96. The van der Waals surface area contributed by atoms with Crippen LogP contribution in [0.5, 0.6) is 0 Å². The predicted octanol–water partition coefficient (Wildman–Crippen LogP) is -1.67. The first-order valence-corrected chi connectivity index (χ1v) is 3.34. The van der Waals surface area contributed by atoms with Gasteiger partial charge >= 0.3 is 0 Å². The van der Waals surface area contributed by atoms with Crippen LogP contribution >= 0.6 is 15.9 Å². The quantitative estimate of drug-likeness (QED) is 0.372. The fraction of sp³-hybridized carbons (Fsp3) is 0.750. The molecule has 1 heterocycles. The fourth-order valence-corrected chi connectivity index (χ4v) is 0.531. The minimum absolute atomic E-state index is 0.551. The summed E-state index contributed by atoms with van der Waals surface area (Å²) in [7, 11) is 0. The van der Waals surface area contributed by atoms with Gasteiger partial charge in [0.1, 0.15) is 0 Å². The molecule has 0 saturated carbocycles. The van der Waals surface area contributed by atoms with Crippen LogP contribution in [0.4, 0.5) is 4.79 Å². The van der Waals surface area contributed by atoms with Crippen LogP contribution in [0.3, 0.4) is 0 Å². The Kier molecular flexibility index (Phi) is 4.43. The zero-order valence-corrected chi connectivity index (χ0v) is 6.09. The molecule has 9 heavy (non-hydrogen) atoms. The summed E-state index contributed by atoms with van der Waals surface area (Å²) in [6, 6.07) is 0. The van der Waals surface area contributed by atoms with Crippen molar-refractivity contribution in [2.24, 2.45) is 0 Å². The molecule has 1 atom stereocenters. The van der Waals surface area contributed by atoms with E-state index in [0.717, 1.165) is 11.9 Å². The molecule has 0 aromatic carbocycles. The third-order valence-electron chi connectivity index (χ3n) is 0.574. The lowest BCUT2D eigenvalue weighted by molar-refractivity contribution is -0.415. The molecule has 0 radical (unpaired) electrons. The Labute approximate surface area is 60.6 Å². The first-order chi connectivity index (χ1) is 4.16. The molecule has 0 aliphatic carbocycles. The number of carbonyl (C=O) groups excluding carboxylic acids is 1. The van der Waals surface area contributed by atoms with Crippen LogP contribution in [0.1, 0.15) is 0 Å². The van der Waals surface area contributed by atoms with Gasteiger partial charge in [0.25, 0.3) is 0 Å². The van der Waals surface area contributed by atoms with E-state index in [9.17, 15) is 0 Å². The second-order valence-electron chi connectivity index (χ2n) is 1.36. The monoisotopic (exact) mass is 196 g/mol. The van der Waals surface area contributed by atoms with E-state index in [4.69, 9.17) is 19.7 Å². The highest BCUT2D eigenvalue weighted by Crippen LogP contribution is 2.09. The highest BCUT2D eigenvalue weighted by atomic mass is 79.9. The third-order valence-corrected chi connectivity index (χ3v) is 1.30. The number of rotatable bonds is 1. The second-order valence-corrected chi connectivity index (χ2v) is 2.01. The third kappa shape index (κ3) is 11.3. The Hall–Kier alpha value is -0.290. The molecule has 0 N–H and O–H groups in total. The molecule has 0 aromatic rings. The first kappa shape index (κ1) is 8.71. The maximum Gasteiger partial charge on any atom is 0.0906 e. The smallest absolute Gasteiger partial charge is 0.0906 e. The Morgan fingerprint density at radius 3 is 2.11 bits per heavy atom. The van der Waals surface area contributed by atoms with E-state index in [1.54, 1.807) is 0 Å². The van der Waals surface area contributed by atoms with Crippen molar-refractivity contribution >= 4 is 22.1 Å². The van der Waals surface area contributed by atoms with Crippen LogP contribution in [0, 0.1) is 0 Å². The summed E-state index contributed by atoms with van der Waals surface area (Å²) in [5.74, 6) is 0. The number of hydrogen-bond acceptors (Lipinski definition) is 4. The maximum absolute atomic E-state index is 8.33. The van der Waals surface area contributed by atoms with Crippen LogP contribution in [-0.2, 0) is 4.74 Å². The van der Waals surface area contributed by atoms with E-state index in [1.807, 2.05) is 0 Å². The van der Waals surface area contributed by atoms with E-state index in [-0.39, 0.29) is 0 Å². The maximum atomic E-state index is 8.33. The summed E-state index contributed by atoms with van der Waals surface area (Å²) in [6.45, 7) is 0.964. The molecule has 5 heteroatoms. The van der Waals surface area contributed by atoms with Crippen LogP contribution in [0.15, 0.2) is 0 Å². The van der Waals surface area contributed by atoms with Gasteiger partial charge in [-0.25, -0.2) is 0 Å². The summed E-state index contributed by atoms with van der Waals surface area (Å²) < 4.78 is 4.81. The fourth-order valence-electron chi connectivity index (χ4n) is 0.157. The summed E-state index contributed by atoms with van der Waals surface area (Å²) in [5.41, 5.74) is 0. The lowest BCUT2D eigenvalue weighted by atomic mass is 10.6. The molecular formula is C4H5BrO4-2. The highest BCUT2D eigenvalue weighted by molar-refractivity contribution is 9.09. The van der Waals surface area contributed by atoms with Crippen LogP contribution in [0.2, 0.25) is 0 Å². The molecule has 1 saturated heterocycles. The Morgan fingerprint density at radius 1 is 1.78 bits per heavy atom. The van der Waals surface area contributed by atoms with Crippen molar-refractivity contribution in [1.82, 2.24) is 0 Å². The number of ether oxygens (including phenoxy) is 1. The highest BCUT2D eigenvalue weighted by Gasteiger charge is 2.19. The number of carbonyl (C=O) groups is 1. The van der Waals surface area contributed by atoms with Gasteiger partial charge in [0.2, 0.25) is 0 Å². The summed E-state index contributed by atoms with van der Waals surface area (Å²) >= 11 is 3.25. The van der Waals surface area contributed by atoms with Crippen LogP contribution in [-0.4, -0.2) is 24.2 Å². The minimum atomic E-state index is -2.33. The predicted molar refractivity (Wildman–Crippen MR) is 28.9 cm³/mol. The number of hydrogen-bond donors (Lipinski definition) is 0. The van der Waals surface area contributed by atoms with E-state index >= 15 is 0 Å². The molecule has 0 spiro atoms. The van der Waals surface area contributed by atoms with Crippen molar-refractivity contribution in [2.45, 2.75) is 6.10 Å². The number of alkyl halides is 1. The molecule has 0 bridgehead atoms. The second kappa shape index (κ2) is 4.58. The Bertz CT molecular complexity index is 86.6. The van der Waals surface area contributed by atoms with Gasteiger partial charge < -0.3 is 19.7 Å². The molecule has 4 nitrogen and oxygen atoms in total. The Morgan fingerprint density at radius 2 is 2.11 bits per heavy atom. The average Bonchev–Trinajstić information content (AvgIpc) is 2.43. The molecule has 0 aromatic heterocycles. The molecule has 1 fully saturated rings. The largest absolute Gasteiger partial charge is 0.652 e. The van der Waals surface area contributed by atoms with Gasteiger partial charge in [-0.05, 0) is 6.16 Å². The van der Waals surface area contributed by atoms with Crippen molar-refractivity contribution in [3.63, 3.8) is 0 Å². The van der Waals surface area contributed by atoms with Gasteiger partial charge in [0.05, 0.1) is 12.7 Å². The number of halogens is 1. The van der Waals surface area contributed by atoms with Crippen molar-refractivity contribution in [2.75, 3.05) is 11.9 Å². The van der Waals surface area contributed by atoms with Gasteiger partial charge in [-0.15, -0.1) is 0 Å². The summed E-state index contributed by atoms with van der Waals surface area (Å²) in [4.78, 5) is 8.33. The van der Waals surface area contributed by atoms with Crippen LogP contribution < -0.4 is 10.2 Å². The molecule has 1 aliphatic rings. The van der Waals surface area contributed by atoms with E-state index in [1.165, 1.54) is 0 Å². The van der Waals surface area contributed by atoms with Gasteiger partial charge in [-0.2, -0.15) is 0 Å². The van der Waals surface area contributed by atoms with Crippen molar-refractivity contribution in [3.8, 4) is 0 Å². The van der Waals surface area contributed by atoms with Crippen molar-refractivity contribution < 1.29 is 19.7 Å². The van der Waals surface area contributed by atoms with Crippen molar-refractivity contribution in [3.05, 3.63) is 0 Å². The zero-order valence-electron chi connectivity index (χ0n) is 4.50. The summed E-state index contributed by atoms with van der Waals surface area (Å²) in [5, 5.41) is 17.7. The first-order valence-electron chi connectivity index (χ1n) is 2.22. The van der Waals surface area contributed by atoms with Crippen molar-refractivity contribution in [1.29, 1.82) is 0 Å². The molecular weight excluding hydrogens is 192 g/mol. The number of carboxylic acid groups (broad SMARTS) is 2. The van der Waals surface area contributed by atoms with E-state index in [0.29, 0.717) is 6.10 Å². The van der Waals surface area contributed by atoms with Gasteiger partial charge in [-0.3, -0.25) is 0 Å². The topological polar surface area (TPSA) is 75.7 Å². The number of epoxide rings is 1. The van der Waals surface area contributed by atoms with Crippen LogP contribution in [0.25, 0.3) is 0 Å². The lowest BCUT2D eigenvalue weighted by Crippen LogP contribution is -2.37. The van der Waals surface area contributed by atoms with Gasteiger partial charge in [0, 0.05) is 5.33 Å². The molecule has 54 valence electrons. The normalized spacial score (nSPS) is 21.7. The molecule has 1 rings (SSSR count). The standard InChI is InChI=1S/C3H5BrO.CH2O3/c4-1-3-2-5-3;2-1(3)4/h3H,1-2H2;(H2,2,3,4)/p-2. The molecule has 1 aliphatic heterocycles. The average molecular weight is 197 g/mol. The van der Waals surface area contributed by atoms with Gasteiger partial charge in [0.15, 0.2) is 0 Å². The Balaban J connectivity index is 0.000000148. The molecule has 1 unspecified atom stereocenters. The summed E-state index contributed by atoms with van der Waals surface area (Å²) in [6.07, 6.45) is -1.78. The SMILES string of the molecule is BrCC1CO1.O=C([O-])[O-]. The molecule has 0 amide bonds. The zero-order chi connectivity index (χ0) is 7.28. The van der Waals surface area contributed by atoms with Gasteiger partial charge in [-0.1, -0.05) is 15.9 Å². The van der Waals surface area contributed by atoms with E-state index < -0.39 is 6.16 Å².